The second-order valence-electron chi connectivity index (χ2n) is 4.50. The van der Waals surface area contributed by atoms with Crippen LogP contribution in [0.4, 0.5) is 5.69 Å². The minimum atomic E-state index is -3.37. The van der Waals surface area contributed by atoms with Crippen molar-refractivity contribution in [1.82, 2.24) is 9.78 Å². The van der Waals surface area contributed by atoms with Gasteiger partial charge in [-0.2, -0.15) is 5.10 Å². The van der Waals surface area contributed by atoms with E-state index >= 15 is 0 Å². The Morgan fingerprint density at radius 1 is 1.32 bits per heavy atom. The summed E-state index contributed by atoms with van der Waals surface area (Å²) in [6.45, 7) is 1.80. The number of nitrogens with zero attached hydrogens (tertiary/aromatic N) is 2. The monoisotopic (exact) mass is 279 g/mol. The first-order valence-electron chi connectivity index (χ1n) is 5.96. The molecule has 0 unspecified atom stereocenters. The van der Waals surface area contributed by atoms with E-state index in [1.54, 1.807) is 43.0 Å². The highest BCUT2D eigenvalue weighted by Gasteiger charge is 2.19. The van der Waals surface area contributed by atoms with E-state index in [9.17, 15) is 8.42 Å². The number of anilines is 1. The predicted octanol–water partition coefficient (Wildman–Crippen LogP) is 1.33. The van der Waals surface area contributed by atoms with Gasteiger partial charge in [0.05, 0.1) is 16.3 Å². The molecule has 0 fully saturated rings. The van der Waals surface area contributed by atoms with Gasteiger partial charge in [-0.3, -0.25) is 4.68 Å². The fourth-order valence-electron chi connectivity index (χ4n) is 1.92. The number of nitrogen functional groups attached to an aromatic ring is 1. The maximum absolute atomic E-state index is 12.3. The van der Waals surface area contributed by atoms with Crippen LogP contribution >= 0.6 is 0 Å². The third kappa shape index (κ3) is 2.78. The van der Waals surface area contributed by atoms with Crippen molar-refractivity contribution in [2.24, 2.45) is 7.05 Å². The minimum absolute atomic E-state index is 0.0280. The van der Waals surface area contributed by atoms with Crippen molar-refractivity contribution in [1.29, 1.82) is 0 Å². The molecule has 0 radical (unpaired) electrons. The zero-order chi connectivity index (χ0) is 14.0. The van der Waals surface area contributed by atoms with Crippen molar-refractivity contribution in [3.8, 4) is 0 Å². The summed E-state index contributed by atoms with van der Waals surface area (Å²) >= 11 is 0. The highest BCUT2D eigenvalue weighted by atomic mass is 32.2. The van der Waals surface area contributed by atoms with E-state index in [1.807, 2.05) is 6.07 Å². The van der Waals surface area contributed by atoms with Crippen LogP contribution in [0.1, 0.15) is 11.3 Å². The standard InChI is InChI=1S/C13H17N3O2S/c1-10-4-3-5-12(13(10)14)19(17,18)9-7-11-6-8-15-16(11)2/h3-6,8H,7,9,14H2,1-2H3. The summed E-state index contributed by atoms with van der Waals surface area (Å²) in [5.74, 6) is 0.0280. The highest BCUT2D eigenvalue weighted by Crippen LogP contribution is 2.23. The number of aromatic nitrogens is 2. The van der Waals surface area contributed by atoms with Gasteiger partial charge in [0, 0.05) is 25.4 Å². The van der Waals surface area contributed by atoms with E-state index in [0.717, 1.165) is 11.3 Å². The van der Waals surface area contributed by atoms with Crippen LogP contribution in [0.3, 0.4) is 0 Å². The third-order valence-corrected chi connectivity index (χ3v) is 4.94. The number of rotatable bonds is 4. The van der Waals surface area contributed by atoms with Crippen LogP contribution in [0, 0.1) is 6.92 Å². The molecular weight excluding hydrogens is 262 g/mol. The molecule has 0 amide bonds. The molecule has 2 N–H and O–H groups in total. The lowest BCUT2D eigenvalue weighted by molar-refractivity contribution is 0.594. The highest BCUT2D eigenvalue weighted by molar-refractivity contribution is 7.91. The largest absolute Gasteiger partial charge is 0.397 e. The van der Waals surface area contributed by atoms with Crippen LogP contribution in [0.15, 0.2) is 35.4 Å². The van der Waals surface area contributed by atoms with Gasteiger partial charge in [-0.25, -0.2) is 8.42 Å². The first-order chi connectivity index (χ1) is 8.92. The lowest BCUT2D eigenvalue weighted by atomic mass is 10.2. The Bertz CT molecular complexity index is 690. The van der Waals surface area contributed by atoms with Crippen LogP contribution in [0.2, 0.25) is 0 Å². The van der Waals surface area contributed by atoms with Gasteiger partial charge >= 0.3 is 0 Å². The van der Waals surface area contributed by atoms with Gasteiger partial charge in [0.1, 0.15) is 0 Å². The number of sulfone groups is 1. The topological polar surface area (TPSA) is 78.0 Å². The molecule has 0 aliphatic rings. The summed E-state index contributed by atoms with van der Waals surface area (Å²) in [5, 5.41) is 4.02. The van der Waals surface area contributed by atoms with E-state index in [1.165, 1.54) is 0 Å². The molecule has 6 heteroatoms. The molecule has 0 saturated heterocycles. The van der Waals surface area contributed by atoms with Crippen molar-refractivity contribution in [2.45, 2.75) is 18.2 Å². The molecule has 1 heterocycles. The Kier molecular flexibility index (Phi) is 3.61. The molecule has 0 atom stereocenters. The van der Waals surface area contributed by atoms with Crippen molar-refractivity contribution < 1.29 is 8.42 Å². The normalized spacial score (nSPS) is 11.7. The van der Waals surface area contributed by atoms with Crippen LogP contribution in [-0.2, 0) is 23.3 Å². The van der Waals surface area contributed by atoms with Gasteiger partial charge < -0.3 is 5.73 Å². The third-order valence-electron chi connectivity index (χ3n) is 3.17. The average Bonchev–Trinajstić information content (AvgIpc) is 2.76. The second kappa shape index (κ2) is 5.05. The molecule has 0 aliphatic heterocycles. The van der Waals surface area contributed by atoms with E-state index in [2.05, 4.69) is 5.10 Å². The molecule has 0 aliphatic carbocycles. The molecule has 2 aromatic rings. The first-order valence-corrected chi connectivity index (χ1v) is 7.62. The van der Waals surface area contributed by atoms with Crippen molar-refractivity contribution in [3.63, 3.8) is 0 Å². The fraction of sp³-hybridized carbons (Fsp3) is 0.308. The summed E-state index contributed by atoms with van der Waals surface area (Å²) < 4.78 is 26.3. The summed E-state index contributed by atoms with van der Waals surface area (Å²) in [6, 6.07) is 6.88. The van der Waals surface area contributed by atoms with Crippen molar-refractivity contribution in [2.75, 3.05) is 11.5 Å². The molecule has 1 aromatic heterocycles. The Labute approximate surface area is 113 Å². The Balaban J connectivity index is 2.24. The van der Waals surface area contributed by atoms with E-state index < -0.39 is 9.84 Å². The zero-order valence-corrected chi connectivity index (χ0v) is 11.8. The molecule has 0 spiro atoms. The lowest BCUT2D eigenvalue weighted by Crippen LogP contribution is -2.13. The molecule has 0 saturated carbocycles. The predicted molar refractivity (Wildman–Crippen MR) is 74.6 cm³/mol. The average molecular weight is 279 g/mol. The van der Waals surface area contributed by atoms with Gasteiger partial charge in [0.15, 0.2) is 9.84 Å². The van der Waals surface area contributed by atoms with Gasteiger partial charge in [0.2, 0.25) is 0 Å². The summed E-state index contributed by atoms with van der Waals surface area (Å²) in [6.07, 6.45) is 2.08. The van der Waals surface area contributed by atoms with Gasteiger partial charge in [0.25, 0.3) is 0 Å². The molecule has 102 valence electrons. The minimum Gasteiger partial charge on any atom is -0.397 e. The van der Waals surface area contributed by atoms with Crippen molar-refractivity contribution in [3.05, 3.63) is 41.7 Å². The number of benzene rings is 1. The SMILES string of the molecule is Cc1cccc(S(=O)(=O)CCc2ccnn2C)c1N. The van der Waals surface area contributed by atoms with Crippen molar-refractivity contribution >= 4 is 15.5 Å². The Morgan fingerprint density at radius 3 is 2.68 bits per heavy atom. The van der Waals surface area contributed by atoms with Crippen LogP contribution < -0.4 is 5.73 Å². The summed E-state index contributed by atoms with van der Waals surface area (Å²) in [5.41, 5.74) is 7.85. The van der Waals surface area contributed by atoms with Crippen LogP contribution in [0.25, 0.3) is 0 Å². The molecule has 19 heavy (non-hydrogen) atoms. The number of hydrogen-bond acceptors (Lipinski definition) is 4. The van der Waals surface area contributed by atoms with E-state index in [0.29, 0.717) is 12.1 Å². The molecule has 0 bridgehead atoms. The number of hydrogen-bond donors (Lipinski definition) is 1. The maximum atomic E-state index is 12.3. The molecule has 1 aromatic carbocycles. The summed E-state index contributed by atoms with van der Waals surface area (Å²) in [4.78, 5) is 0.217. The van der Waals surface area contributed by atoms with Crippen LogP contribution in [-0.4, -0.2) is 24.0 Å². The Hall–Kier alpha value is -1.82. The van der Waals surface area contributed by atoms with E-state index in [4.69, 9.17) is 5.73 Å². The first kappa shape index (κ1) is 13.6. The number of aryl methyl sites for hydroxylation is 3. The molecular formula is C13H17N3O2S. The Morgan fingerprint density at radius 2 is 2.05 bits per heavy atom. The number of nitrogens with two attached hydrogens (primary N) is 1. The maximum Gasteiger partial charge on any atom is 0.180 e. The molecule has 5 nitrogen and oxygen atoms in total. The quantitative estimate of drug-likeness (QED) is 0.856. The number of para-hydroxylation sites is 1. The fourth-order valence-corrected chi connectivity index (χ4v) is 3.40. The zero-order valence-electron chi connectivity index (χ0n) is 11.0. The smallest absolute Gasteiger partial charge is 0.180 e. The molecule has 2 rings (SSSR count). The van der Waals surface area contributed by atoms with Gasteiger partial charge in [-0.1, -0.05) is 12.1 Å². The van der Waals surface area contributed by atoms with Gasteiger partial charge in [-0.05, 0) is 24.6 Å². The second-order valence-corrected chi connectivity index (χ2v) is 6.58. The van der Waals surface area contributed by atoms with E-state index in [-0.39, 0.29) is 10.6 Å². The lowest BCUT2D eigenvalue weighted by Gasteiger charge is -2.09. The van der Waals surface area contributed by atoms with Crippen LogP contribution in [0.5, 0.6) is 0 Å². The summed E-state index contributed by atoms with van der Waals surface area (Å²) in [7, 11) is -1.58. The van der Waals surface area contributed by atoms with Gasteiger partial charge in [-0.15, -0.1) is 0 Å².